The molecular formula is C13H16N4O. The second-order valence-electron chi connectivity index (χ2n) is 4.54. The summed E-state index contributed by atoms with van der Waals surface area (Å²) in [6.45, 7) is 3.58. The zero-order chi connectivity index (χ0) is 12.5. The molecule has 0 saturated carbocycles. The molecule has 1 fully saturated rings. The first-order valence-electron chi connectivity index (χ1n) is 6.18. The molecule has 1 aliphatic rings. The van der Waals surface area contributed by atoms with Gasteiger partial charge in [-0.15, -0.1) is 0 Å². The SMILES string of the molecule is Cn1c(=O)c(N2CCNCC2)cc2ncccc21. The van der Waals surface area contributed by atoms with Crippen LogP contribution in [-0.2, 0) is 7.05 Å². The molecule has 5 heteroatoms. The van der Waals surface area contributed by atoms with Crippen molar-refractivity contribution < 1.29 is 0 Å². The molecule has 1 saturated heterocycles. The van der Waals surface area contributed by atoms with E-state index >= 15 is 0 Å². The van der Waals surface area contributed by atoms with Gasteiger partial charge < -0.3 is 14.8 Å². The maximum absolute atomic E-state index is 12.4. The maximum atomic E-state index is 12.4. The van der Waals surface area contributed by atoms with E-state index in [-0.39, 0.29) is 5.56 Å². The van der Waals surface area contributed by atoms with Crippen molar-refractivity contribution in [3.05, 3.63) is 34.7 Å². The lowest BCUT2D eigenvalue weighted by atomic mass is 10.2. The van der Waals surface area contributed by atoms with Crippen LogP contribution in [0.25, 0.3) is 11.0 Å². The van der Waals surface area contributed by atoms with Gasteiger partial charge in [0.25, 0.3) is 5.56 Å². The third kappa shape index (κ3) is 1.76. The highest BCUT2D eigenvalue weighted by Crippen LogP contribution is 2.16. The highest BCUT2D eigenvalue weighted by Gasteiger charge is 2.16. The van der Waals surface area contributed by atoms with E-state index in [1.807, 2.05) is 18.2 Å². The summed E-state index contributed by atoms with van der Waals surface area (Å²) in [4.78, 5) is 18.8. The van der Waals surface area contributed by atoms with Crippen LogP contribution >= 0.6 is 0 Å². The molecule has 0 bridgehead atoms. The zero-order valence-corrected chi connectivity index (χ0v) is 10.4. The van der Waals surface area contributed by atoms with Gasteiger partial charge in [0.2, 0.25) is 0 Å². The second-order valence-corrected chi connectivity index (χ2v) is 4.54. The smallest absolute Gasteiger partial charge is 0.274 e. The summed E-state index contributed by atoms with van der Waals surface area (Å²) in [6.07, 6.45) is 1.76. The Morgan fingerprint density at radius 2 is 2.11 bits per heavy atom. The molecule has 94 valence electrons. The normalized spacial score (nSPS) is 16.2. The Morgan fingerprint density at radius 1 is 1.33 bits per heavy atom. The van der Waals surface area contributed by atoms with Gasteiger partial charge in [-0.3, -0.25) is 9.78 Å². The minimum Gasteiger partial charge on any atom is -0.364 e. The molecule has 0 unspecified atom stereocenters. The average Bonchev–Trinajstić information content (AvgIpc) is 2.44. The molecule has 0 spiro atoms. The van der Waals surface area contributed by atoms with E-state index in [9.17, 15) is 4.79 Å². The van der Waals surface area contributed by atoms with Gasteiger partial charge in [-0.2, -0.15) is 0 Å². The van der Waals surface area contributed by atoms with Crippen molar-refractivity contribution in [2.75, 3.05) is 31.1 Å². The summed E-state index contributed by atoms with van der Waals surface area (Å²) >= 11 is 0. The van der Waals surface area contributed by atoms with Crippen LogP contribution in [0, 0.1) is 0 Å². The van der Waals surface area contributed by atoms with Crippen LogP contribution in [-0.4, -0.2) is 35.7 Å². The lowest BCUT2D eigenvalue weighted by Gasteiger charge is -2.29. The maximum Gasteiger partial charge on any atom is 0.274 e. The first-order valence-corrected chi connectivity index (χ1v) is 6.18. The van der Waals surface area contributed by atoms with Crippen LogP contribution in [0.15, 0.2) is 29.2 Å². The number of rotatable bonds is 1. The average molecular weight is 244 g/mol. The summed E-state index contributed by atoms with van der Waals surface area (Å²) < 4.78 is 1.68. The van der Waals surface area contributed by atoms with Gasteiger partial charge in [-0.1, -0.05) is 0 Å². The quantitative estimate of drug-likeness (QED) is 0.786. The Morgan fingerprint density at radius 3 is 2.89 bits per heavy atom. The number of hydrogen-bond acceptors (Lipinski definition) is 4. The number of piperazine rings is 1. The fraction of sp³-hybridized carbons (Fsp3) is 0.385. The number of aryl methyl sites for hydroxylation is 1. The fourth-order valence-electron chi connectivity index (χ4n) is 2.41. The highest BCUT2D eigenvalue weighted by molar-refractivity contribution is 5.78. The van der Waals surface area contributed by atoms with Crippen LogP contribution in [0.5, 0.6) is 0 Å². The molecule has 0 radical (unpaired) electrons. The Labute approximate surface area is 105 Å². The van der Waals surface area contributed by atoms with Crippen LogP contribution in [0.2, 0.25) is 0 Å². The van der Waals surface area contributed by atoms with E-state index in [4.69, 9.17) is 0 Å². The standard InChI is InChI=1S/C13H16N4O/c1-16-11-3-2-4-15-10(11)9-12(13(16)18)17-7-5-14-6-8-17/h2-4,9,14H,5-8H2,1H3. The van der Waals surface area contributed by atoms with Crippen LogP contribution in [0.4, 0.5) is 5.69 Å². The van der Waals surface area contributed by atoms with E-state index in [0.717, 1.165) is 42.9 Å². The summed E-state index contributed by atoms with van der Waals surface area (Å²) in [6, 6.07) is 5.68. The van der Waals surface area contributed by atoms with Crippen molar-refractivity contribution in [1.82, 2.24) is 14.9 Å². The molecule has 1 N–H and O–H groups in total. The van der Waals surface area contributed by atoms with Crippen LogP contribution in [0.1, 0.15) is 0 Å². The first-order chi connectivity index (χ1) is 8.77. The molecule has 0 aromatic carbocycles. The Kier molecular flexibility index (Phi) is 2.76. The van der Waals surface area contributed by atoms with E-state index < -0.39 is 0 Å². The number of aromatic nitrogens is 2. The molecule has 3 rings (SSSR count). The predicted molar refractivity (Wildman–Crippen MR) is 72.1 cm³/mol. The summed E-state index contributed by atoms with van der Waals surface area (Å²) in [5.41, 5.74) is 2.55. The van der Waals surface area contributed by atoms with Crippen molar-refractivity contribution in [3.8, 4) is 0 Å². The molecule has 2 aromatic rings. The van der Waals surface area contributed by atoms with Gasteiger partial charge in [0.05, 0.1) is 11.0 Å². The van der Waals surface area contributed by atoms with Crippen molar-refractivity contribution in [3.63, 3.8) is 0 Å². The number of hydrogen-bond donors (Lipinski definition) is 1. The Bertz CT molecular complexity index is 628. The molecule has 0 atom stereocenters. The topological polar surface area (TPSA) is 50.2 Å². The van der Waals surface area contributed by atoms with Gasteiger partial charge in [0, 0.05) is 39.4 Å². The first kappa shape index (κ1) is 11.2. The Hall–Kier alpha value is -1.88. The van der Waals surface area contributed by atoms with Crippen molar-refractivity contribution in [2.24, 2.45) is 7.05 Å². The van der Waals surface area contributed by atoms with Gasteiger partial charge in [0.15, 0.2) is 0 Å². The van der Waals surface area contributed by atoms with E-state index in [1.54, 1.807) is 17.8 Å². The van der Waals surface area contributed by atoms with Gasteiger partial charge in [-0.05, 0) is 18.2 Å². The van der Waals surface area contributed by atoms with Crippen molar-refractivity contribution in [1.29, 1.82) is 0 Å². The molecular weight excluding hydrogens is 228 g/mol. The van der Waals surface area contributed by atoms with Crippen molar-refractivity contribution >= 4 is 16.7 Å². The molecule has 5 nitrogen and oxygen atoms in total. The number of fused-ring (bicyclic) bond motifs is 1. The van der Waals surface area contributed by atoms with E-state index in [2.05, 4.69) is 15.2 Å². The molecule has 18 heavy (non-hydrogen) atoms. The number of nitrogens with one attached hydrogen (secondary N) is 1. The van der Waals surface area contributed by atoms with E-state index in [1.165, 1.54) is 0 Å². The molecule has 0 amide bonds. The lowest BCUT2D eigenvalue weighted by Crippen LogP contribution is -2.45. The highest BCUT2D eigenvalue weighted by atomic mass is 16.1. The molecule has 3 heterocycles. The Balaban J connectivity index is 2.17. The van der Waals surface area contributed by atoms with Crippen molar-refractivity contribution in [2.45, 2.75) is 0 Å². The molecule has 1 aliphatic heterocycles. The zero-order valence-electron chi connectivity index (χ0n) is 10.4. The number of pyridine rings is 2. The lowest BCUT2D eigenvalue weighted by molar-refractivity contribution is 0.586. The summed E-state index contributed by atoms with van der Waals surface area (Å²) in [7, 11) is 1.80. The van der Waals surface area contributed by atoms with Crippen LogP contribution in [0.3, 0.4) is 0 Å². The fourth-order valence-corrected chi connectivity index (χ4v) is 2.41. The monoisotopic (exact) mass is 244 g/mol. The number of anilines is 1. The van der Waals surface area contributed by atoms with Gasteiger partial charge in [0.1, 0.15) is 5.69 Å². The molecule has 0 aliphatic carbocycles. The van der Waals surface area contributed by atoms with E-state index in [0.29, 0.717) is 0 Å². The van der Waals surface area contributed by atoms with Gasteiger partial charge >= 0.3 is 0 Å². The minimum absolute atomic E-state index is 0.0531. The molecule has 2 aromatic heterocycles. The summed E-state index contributed by atoms with van der Waals surface area (Å²) in [5, 5.41) is 3.29. The summed E-state index contributed by atoms with van der Waals surface area (Å²) in [5.74, 6) is 0. The number of nitrogens with zero attached hydrogens (tertiary/aromatic N) is 3. The minimum atomic E-state index is 0.0531. The van der Waals surface area contributed by atoms with Crippen LogP contribution < -0.4 is 15.8 Å². The third-order valence-electron chi connectivity index (χ3n) is 3.43. The third-order valence-corrected chi connectivity index (χ3v) is 3.43. The van der Waals surface area contributed by atoms with Gasteiger partial charge in [-0.25, -0.2) is 0 Å². The second kappa shape index (κ2) is 4.42. The predicted octanol–water partition coefficient (Wildman–Crippen LogP) is 0.343. The largest absolute Gasteiger partial charge is 0.364 e.